The lowest BCUT2D eigenvalue weighted by molar-refractivity contribution is -0.132. The van der Waals surface area contributed by atoms with E-state index in [1.165, 1.54) is 18.9 Å². The highest BCUT2D eigenvalue weighted by Crippen LogP contribution is 2.30. The van der Waals surface area contributed by atoms with Crippen molar-refractivity contribution in [3.8, 4) is 0 Å². The van der Waals surface area contributed by atoms with E-state index in [0.29, 0.717) is 31.5 Å². The summed E-state index contributed by atoms with van der Waals surface area (Å²) in [6.07, 6.45) is 4.00. The second-order valence-corrected chi connectivity index (χ2v) is 7.07. The maximum Gasteiger partial charge on any atom is 0.226 e. The summed E-state index contributed by atoms with van der Waals surface area (Å²) in [6, 6.07) is 3.56. The Morgan fingerprint density at radius 2 is 1.96 bits per heavy atom. The Labute approximate surface area is 140 Å². The molecule has 1 saturated heterocycles. The molecule has 2 N–H and O–H groups in total. The Hall–Kier alpha value is -1.53. The summed E-state index contributed by atoms with van der Waals surface area (Å²) in [7, 11) is 0. The number of amides is 1. The largest absolute Gasteiger partial charge is 0.394 e. The van der Waals surface area contributed by atoms with Crippen LogP contribution in [0.2, 0.25) is 0 Å². The van der Waals surface area contributed by atoms with Crippen molar-refractivity contribution in [2.24, 2.45) is 5.92 Å². The van der Waals surface area contributed by atoms with Crippen molar-refractivity contribution >= 4 is 5.91 Å². The zero-order chi connectivity index (χ0) is 17.2. The second-order valence-electron chi connectivity index (χ2n) is 7.07. The number of rotatable bonds is 6. The topological polar surface area (TPSA) is 52.6 Å². The second kappa shape index (κ2) is 7.15. The summed E-state index contributed by atoms with van der Waals surface area (Å²) < 4.78 is 26.2. The Morgan fingerprint density at radius 3 is 2.54 bits per heavy atom. The van der Waals surface area contributed by atoms with E-state index in [0.717, 1.165) is 24.6 Å². The van der Waals surface area contributed by atoms with Gasteiger partial charge in [-0.2, -0.15) is 0 Å². The van der Waals surface area contributed by atoms with E-state index in [9.17, 15) is 18.7 Å². The minimum absolute atomic E-state index is 0.0683. The number of aliphatic hydroxyl groups is 1. The van der Waals surface area contributed by atoms with Crippen molar-refractivity contribution in [1.82, 2.24) is 10.2 Å². The fourth-order valence-corrected chi connectivity index (χ4v) is 3.19. The van der Waals surface area contributed by atoms with E-state index < -0.39 is 11.6 Å². The van der Waals surface area contributed by atoms with Crippen LogP contribution in [-0.4, -0.2) is 47.7 Å². The molecule has 1 heterocycles. The molecule has 1 aromatic rings. The van der Waals surface area contributed by atoms with E-state index in [4.69, 9.17) is 0 Å². The van der Waals surface area contributed by atoms with Crippen LogP contribution in [0.5, 0.6) is 0 Å². The van der Waals surface area contributed by atoms with Crippen LogP contribution in [-0.2, 0) is 11.2 Å². The molecular formula is C18H24F2N2O2. The third kappa shape index (κ3) is 4.11. The first-order valence-electron chi connectivity index (χ1n) is 8.59. The van der Waals surface area contributed by atoms with E-state index in [1.807, 2.05) is 0 Å². The average Bonchev–Trinajstić information content (AvgIpc) is 3.41. The fraction of sp³-hybridized carbons (Fsp3) is 0.611. The van der Waals surface area contributed by atoms with Crippen molar-refractivity contribution in [3.05, 3.63) is 35.4 Å². The molecule has 0 atom stereocenters. The molecule has 2 aliphatic rings. The summed E-state index contributed by atoms with van der Waals surface area (Å²) in [5.41, 5.74) is 0.186. The number of carbonyl (C=O) groups is 1. The third-order valence-electron chi connectivity index (χ3n) is 5.18. The number of nitrogens with one attached hydrogen (secondary N) is 1. The lowest BCUT2D eigenvalue weighted by atomic mass is 9.87. The molecule has 0 bridgehead atoms. The summed E-state index contributed by atoms with van der Waals surface area (Å²) in [4.78, 5) is 14.1. The minimum atomic E-state index is -0.928. The van der Waals surface area contributed by atoms with Crippen LogP contribution in [0.3, 0.4) is 0 Å². The van der Waals surface area contributed by atoms with Gasteiger partial charge in [0.1, 0.15) is 0 Å². The van der Waals surface area contributed by atoms with E-state index in [-0.39, 0.29) is 24.5 Å². The first-order valence-corrected chi connectivity index (χ1v) is 8.59. The maximum absolute atomic E-state index is 13.2. The van der Waals surface area contributed by atoms with Crippen LogP contribution in [0.25, 0.3) is 0 Å². The van der Waals surface area contributed by atoms with Gasteiger partial charge in [-0.25, -0.2) is 8.78 Å². The first kappa shape index (κ1) is 17.3. The van der Waals surface area contributed by atoms with Gasteiger partial charge in [0.15, 0.2) is 11.6 Å². The number of carbonyl (C=O) groups excluding carboxylic acids is 1. The molecule has 1 saturated carbocycles. The number of aliphatic hydroxyl groups excluding tert-OH is 1. The zero-order valence-electron chi connectivity index (χ0n) is 13.7. The molecule has 4 nitrogen and oxygen atoms in total. The lowest BCUT2D eigenvalue weighted by Crippen LogP contribution is -2.57. The molecular weight excluding hydrogens is 314 g/mol. The van der Waals surface area contributed by atoms with Crippen LogP contribution < -0.4 is 5.32 Å². The minimum Gasteiger partial charge on any atom is -0.394 e. The van der Waals surface area contributed by atoms with Gasteiger partial charge in [0.2, 0.25) is 5.91 Å². The number of nitrogens with zero attached hydrogens (tertiary/aromatic N) is 1. The fourth-order valence-electron chi connectivity index (χ4n) is 3.19. The first-order chi connectivity index (χ1) is 11.5. The maximum atomic E-state index is 13.2. The van der Waals surface area contributed by atoms with Crippen molar-refractivity contribution in [2.45, 2.75) is 37.6 Å². The highest BCUT2D eigenvalue weighted by Gasteiger charge is 2.36. The SMILES string of the molecule is O=C(Cc1ccc(F)c(F)c1)N1CCC(CO)(NCC2CC2)CC1. The normalized spacial score (nSPS) is 20.2. The highest BCUT2D eigenvalue weighted by atomic mass is 19.2. The Balaban J connectivity index is 1.52. The van der Waals surface area contributed by atoms with Crippen molar-refractivity contribution in [2.75, 3.05) is 26.2 Å². The van der Waals surface area contributed by atoms with E-state index in [1.54, 1.807) is 4.90 Å². The molecule has 0 unspecified atom stereocenters. The van der Waals surface area contributed by atoms with Crippen LogP contribution in [0.4, 0.5) is 8.78 Å². The predicted octanol–water partition coefficient (Wildman–Crippen LogP) is 1.86. The Kier molecular flexibility index (Phi) is 5.15. The quantitative estimate of drug-likeness (QED) is 0.832. The lowest BCUT2D eigenvalue weighted by Gasteiger charge is -2.41. The monoisotopic (exact) mass is 338 g/mol. The molecule has 0 aromatic heterocycles. The summed E-state index contributed by atoms with van der Waals surface area (Å²) >= 11 is 0. The smallest absolute Gasteiger partial charge is 0.226 e. The molecule has 0 spiro atoms. The molecule has 1 aliphatic heterocycles. The van der Waals surface area contributed by atoms with Crippen LogP contribution in [0, 0.1) is 17.6 Å². The molecule has 2 fully saturated rings. The Bertz CT molecular complexity index is 597. The van der Waals surface area contributed by atoms with Gasteiger partial charge in [-0.05, 0) is 55.8 Å². The molecule has 1 amide bonds. The predicted molar refractivity (Wildman–Crippen MR) is 86.4 cm³/mol. The molecule has 1 aromatic carbocycles. The summed E-state index contributed by atoms with van der Waals surface area (Å²) in [6.45, 7) is 2.15. The number of benzene rings is 1. The molecule has 3 rings (SSSR count). The van der Waals surface area contributed by atoms with Gasteiger partial charge in [-0.15, -0.1) is 0 Å². The van der Waals surface area contributed by atoms with Gasteiger partial charge in [0.05, 0.1) is 13.0 Å². The van der Waals surface area contributed by atoms with Gasteiger partial charge < -0.3 is 15.3 Å². The van der Waals surface area contributed by atoms with Crippen LogP contribution >= 0.6 is 0 Å². The average molecular weight is 338 g/mol. The molecule has 1 aliphatic carbocycles. The zero-order valence-corrected chi connectivity index (χ0v) is 13.7. The van der Waals surface area contributed by atoms with Crippen LogP contribution in [0.1, 0.15) is 31.2 Å². The Morgan fingerprint density at radius 1 is 1.25 bits per heavy atom. The molecule has 24 heavy (non-hydrogen) atoms. The third-order valence-corrected chi connectivity index (χ3v) is 5.18. The summed E-state index contributed by atoms with van der Waals surface area (Å²) in [5.74, 6) is -1.18. The molecule has 132 valence electrons. The number of halogens is 2. The van der Waals surface area contributed by atoms with Gasteiger partial charge in [0, 0.05) is 18.6 Å². The van der Waals surface area contributed by atoms with Gasteiger partial charge >= 0.3 is 0 Å². The van der Waals surface area contributed by atoms with Gasteiger partial charge in [0.25, 0.3) is 0 Å². The molecule has 0 radical (unpaired) electrons. The highest BCUT2D eigenvalue weighted by molar-refractivity contribution is 5.78. The van der Waals surface area contributed by atoms with Gasteiger partial charge in [-0.3, -0.25) is 4.79 Å². The number of hydrogen-bond donors (Lipinski definition) is 2. The van der Waals surface area contributed by atoms with E-state index in [2.05, 4.69) is 5.32 Å². The number of likely N-dealkylation sites (tertiary alicyclic amines) is 1. The van der Waals surface area contributed by atoms with Crippen molar-refractivity contribution < 1.29 is 18.7 Å². The van der Waals surface area contributed by atoms with Crippen LogP contribution in [0.15, 0.2) is 18.2 Å². The number of hydrogen-bond acceptors (Lipinski definition) is 3. The van der Waals surface area contributed by atoms with Crippen molar-refractivity contribution in [3.63, 3.8) is 0 Å². The van der Waals surface area contributed by atoms with Crippen molar-refractivity contribution in [1.29, 1.82) is 0 Å². The van der Waals surface area contributed by atoms with Gasteiger partial charge in [-0.1, -0.05) is 6.07 Å². The van der Waals surface area contributed by atoms with E-state index >= 15 is 0 Å². The standard InChI is InChI=1S/C18H24F2N2O2/c19-15-4-3-14(9-16(15)20)10-17(24)22-7-5-18(12-23,6-8-22)21-11-13-1-2-13/h3-4,9,13,21,23H,1-2,5-8,10-12H2. The number of piperidine rings is 1. The summed E-state index contributed by atoms with van der Waals surface area (Å²) in [5, 5.41) is 13.2. The molecule has 6 heteroatoms.